The van der Waals surface area contributed by atoms with Crippen LogP contribution in [0, 0.1) is 0 Å². The molecule has 270 valence electrons. The highest BCUT2D eigenvalue weighted by molar-refractivity contribution is 6.07. The molecule has 0 aromatic heterocycles. The predicted octanol–water partition coefficient (Wildman–Crippen LogP) is 7.12. The van der Waals surface area contributed by atoms with Crippen LogP contribution in [-0.4, -0.2) is 72.5 Å². The van der Waals surface area contributed by atoms with E-state index in [9.17, 15) is 14.4 Å². The Hall–Kier alpha value is -2.49. The van der Waals surface area contributed by atoms with Crippen LogP contribution in [0.2, 0.25) is 0 Å². The Labute approximate surface area is 289 Å². The van der Waals surface area contributed by atoms with Crippen LogP contribution in [0.5, 0.6) is 0 Å². The van der Waals surface area contributed by atoms with Crippen molar-refractivity contribution >= 4 is 17.9 Å². The standard InChI is InChI=1S/C39H63N3O6/c1-34(2)16-22(17-35(3,4)40-34)25-28(31(43)46-13)26(23-18-36(5,6)41-37(7,8)19-23)30(33(45)48-15)27(29(25)32(44)47-14)24-20-38(9,10)42-39(11,12)21-24/h22-24,40-42H,16-21H2,1-15H3. The predicted molar refractivity (Wildman–Crippen MR) is 190 cm³/mol. The molecule has 3 N–H and O–H groups in total. The minimum atomic E-state index is -0.545. The first kappa shape index (κ1) is 38.3. The maximum Gasteiger partial charge on any atom is 0.338 e. The number of esters is 3. The topological polar surface area (TPSA) is 115 Å². The monoisotopic (exact) mass is 669 g/mol. The molecule has 0 unspecified atom stereocenters. The van der Waals surface area contributed by atoms with E-state index in [2.05, 4.69) is 99.0 Å². The van der Waals surface area contributed by atoms with Crippen LogP contribution >= 0.6 is 0 Å². The molecule has 0 atom stereocenters. The van der Waals surface area contributed by atoms with E-state index in [4.69, 9.17) is 14.2 Å². The van der Waals surface area contributed by atoms with Crippen molar-refractivity contribution in [3.8, 4) is 0 Å². The Morgan fingerprint density at radius 1 is 0.417 bits per heavy atom. The first-order valence-corrected chi connectivity index (χ1v) is 17.6. The zero-order valence-electron chi connectivity index (χ0n) is 32.4. The third kappa shape index (κ3) is 7.94. The molecule has 0 aliphatic carbocycles. The number of carbonyl (C=O) groups excluding carboxylic acids is 3. The van der Waals surface area contributed by atoms with Crippen molar-refractivity contribution in [1.29, 1.82) is 0 Å². The fourth-order valence-electron chi connectivity index (χ4n) is 10.6. The van der Waals surface area contributed by atoms with Gasteiger partial charge in [0.2, 0.25) is 0 Å². The van der Waals surface area contributed by atoms with Crippen LogP contribution in [-0.2, 0) is 14.2 Å². The second-order valence-corrected chi connectivity index (χ2v) is 18.8. The Morgan fingerprint density at radius 3 is 0.729 bits per heavy atom. The largest absolute Gasteiger partial charge is 0.465 e. The lowest BCUT2D eigenvalue weighted by atomic mass is 9.63. The Kier molecular flexibility index (Phi) is 10.1. The van der Waals surface area contributed by atoms with Gasteiger partial charge in [0, 0.05) is 33.2 Å². The number of rotatable bonds is 6. The molecule has 0 radical (unpaired) electrons. The van der Waals surface area contributed by atoms with Crippen LogP contribution in [0.3, 0.4) is 0 Å². The van der Waals surface area contributed by atoms with Crippen molar-refractivity contribution in [1.82, 2.24) is 16.0 Å². The molecular weight excluding hydrogens is 606 g/mol. The highest BCUT2D eigenvalue weighted by Crippen LogP contribution is 2.52. The van der Waals surface area contributed by atoms with E-state index in [1.165, 1.54) is 21.3 Å². The van der Waals surface area contributed by atoms with Gasteiger partial charge in [0.25, 0.3) is 0 Å². The van der Waals surface area contributed by atoms with Gasteiger partial charge in [-0.2, -0.15) is 0 Å². The normalized spacial score (nSPS) is 24.8. The fraction of sp³-hybridized carbons (Fsp3) is 0.769. The van der Waals surface area contributed by atoms with Gasteiger partial charge in [0.05, 0.1) is 38.0 Å². The minimum Gasteiger partial charge on any atom is -0.465 e. The molecule has 9 nitrogen and oxygen atoms in total. The van der Waals surface area contributed by atoms with E-state index in [0.29, 0.717) is 71.9 Å². The number of benzene rings is 1. The smallest absolute Gasteiger partial charge is 0.338 e. The van der Waals surface area contributed by atoms with Crippen molar-refractivity contribution in [3.05, 3.63) is 33.4 Å². The molecule has 3 aliphatic rings. The summed E-state index contributed by atoms with van der Waals surface area (Å²) in [5, 5.41) is 11.3. The number of piperidine rings is 3. The fourth-order valence-corrected chi connectivity index (χ4v) is 10.6. The molecule has 3 aliphatic heterocycles. The summed E-state index contributed by atoms with van der Waals surface area (Å²) in [5.41, 5.74) is 1.13. The van der Waals surface area contributed by atoms with Crippen molar-refractivity contribution in [2.75, 3.05) is 21.3 Å². The first-order chi connectivity index (χ1) is 21.8. The zero-order chi connectivity index (χ0) is 36.4. The van der Waals surface area contributed by atoms with Crippen molar-refractivity contribution in [2.24, 2.45) is 0 Å². The molecule has 0 saturated carbocycles. The number of nitrogens with one attached hydrogen (secondary N) is 3. The molecule has 0 spiro atoms. The van der Waals surface area contributed by atoms with Crippen molar-refractivity contribution in [3.63, 3.8) is 0 Å². The third-order valence-corrected chi connectivity index (χ3v) is 10.6. The van der Waals surface area contributed by atoms with Crippen LogP contribution < -0.4 is 16.0 Å². The van der Waals surface area contributed by atoms with Gasteiger partial charge in [-0.3, -0.25) is 0 Å². The highest BCUT2D eigenvalue weighted by atomic mass is 16.5. The summed E-state index contributed by atoms with van der Waals surface area (Å²) >= 11 is 0. The van der Waals surface area contributed by atoms with Crippen LogP contribution in [0.1, 0.15) is 187 Å². The second-order valence-electron chi connectivity index (χ2n) is 18.8. The van der Waals surface area contributed by atoms with Gasteiger partial charge in [0.15, 0.2) is 0 Å². The molecule has 1 aromatic carbocycles. The van der Waals surface area contributed by atoms with Crippen molar-refractivity contribution < 1.29 is 28.6 Å². The SMILES string of the molecule is COC(=O)c1c(C2CC(C)(C)NC(C)(C)C2)c(C(=O)OC)c(C2CC(C)(C)NC(C)(C)C2)c(C(=O)OC)c1C1CC(C)(C)NC(C)(C)C1. The Bertz CT molecular complexity index is 1210. The lowest BCUT2D eigenvalue weighted by Crippen LogP contribution is -2.58. The van der Waals surface area contributed by atoms with Gasteiger partial charge < -0.3 is 30.2 Å². The number of ether oxygens (including phenoxy) is 3. The van der Waals surface area contributed by atoms with Crippen LogP contribution in [0.25, 0.3) is 0 Å². The van der Waals surface area contributed by atoms with Gasteiger partial charge in [-0.25, -0.2) is 14.4 Å². The average molecular weight is 670 g/mol. The zero-order valence-corrected chi connectivity index (χ0v) is 32.4. The first-order valence-electron chi connectivity index (χ1n) is 17.6. The van der Waals surface area contributed by atoms with Gasteiger partial charge in [-0.05, 0) is 156 Å². The van der Waals surface area contributed by atoms with Gasteiger partial charge in [-0.1, -0.05) is 0 Å². The molecule has 0 bridgehead atoms. The molecule has 9 heteroatoms. The van der Waals surface area contributed by atoms with E-state index >= 15 is 0 Å². The van der Waals surface area contributed by atoms with E-state index in [1.54, 1.807) is 0 Å². The quantitative estimate of drug-likeness (QED) is 0.215. The molecular formula is C39H63N3O6. The summed E-state index contributed by atoms with van der Waals surface area (Å²) in [7, 11) is 4.14. The molecule has 0 amide bonds. The Balaban J connectivity index is 2.30. The number of methoxy groups -OCH3 is 3. The maximum atomic E-state index is 14.4. The van der Waals surface area contributed by atoms with E-state index in [0.717, 1.165) is 0 Å². The van der Waals surface area contributed by atoms with Gasteiger partial charge in [-0.15, -0.1) is 0 Å². The molecule has 3 saturated heterocycles. The minimum absolute atomic E-state index is 0.200. The average Bonchev–Trinajstić information content (AvgIpc) is 2.89. The van der Waals surface area contributed by atoms with Crippen LogP contribution in [0.15, 0.2) is 0 Å². The summed E-state index contributed by atoms with van der Waals surface area (Å²) in [6.45, 7) is 26.0. The molecule has 48 heavy (non-hydrogen) atoms. The second kappa shape index (κ2) is 12.7. The van der Waals surface area contributed by atoms with Crippen molar-refractivity contribution in [2.45, 2.75) is 173 Å². The summed E-state index contributed by atoms with van der Waals surface area (Å²) < 4.78 is 16.8. The van der Waals surface area contributed by atoms with Gasteiger partial charge >= 0.3 is 17.9 Å². The lowest BCUT2D eigenvalue weighted by Gasteiger charge is -2.50. The summed E-state index contributed by atoms with van der Waals surface area (Å²) in [6.07, 6.45) is 4.04. The number of hydrogen-bond acceptors (Lipinski definition) is 9. The van der Waals surface area contributed by atoms with Gasteiger partial charge in [0.1, 0.15) is 0 Å². The Morgan fingerprint density at radius 2 is 0.583 bits per heavy atom. The molecule has 4 rings (SSSR count). The van der Waals surface area contributed by atoms with E-state index in [1.807, 2.05) is 0 Å². The molecule has 1 aromatic rings. The summed E-state index contributed by atoms with van der Waals surface area (Å²) in [5.74, 6) is -2.24. The molecule has 3 heterocycles. The van der Waals surface area contributed by atoms with E-state index < -0.39 is 17.9 Å². The number of carbonyl (C=O) groups is 3. The van der Waals surface area contributed by atoms with E-state index in [-0.39, 0.29) is 51.0 Å². The highest BCUT2D eigenvalue weighted by Gasteiger charge is 2.50. The number of hydrogen-bond donors (Lipinski definition) is 3. The molecule has 3 fully saturated rings. The summed E-state index contributed by atoms with van der Waals surface area (Å²) in [4.78, 5) is 43.3. The van der Waals surface area contributed by atoms with Crippen LogP contribution in [0.4, 0.5) is 0 Å². The third-order valence-electron chi connectivity index (χ3n) is 10.6. The summed E-state index contributed by atoms with van der Waals surface area (Å²) in [6, 6.07) is 0. The maximum absolute atomic E-state index is 14.4. The lowest BCUT2D eigenvalue weighted by molar-refractivity contribution is 0.0575.